The highest BCUT2D eigenvalue weighted by Gasteiger charge is 2.41. The molecule has 1 spiro atoms. The van der Waals surface area contributed by atoms with Crippen LogP contribution in [0.3, 0.4) is 0 Å². The molecule has 0 saturated carbocycles. The van der Waals surface area contributed by atoms with E-state index < -0.39 is 0 Å². The zero-order valence-corrected chi connectivity index (χ0v) is 11.2. The van der Waals surface area contributed by atoms with Gasteiger partial charge in [-0.3, -0.25) is 4.79 Å². The number of piperidine rings is 1. The normalized spacial score (nSPS) is 25.1. The number of thioether (sulfide) groups is 1. The smallest absolute Gasteiger partial charge is 0.165 e. The molecule has 0 amide bonds. The number of hydrogen-bond acceptors (Lipinski definition) is 3. The Hall–Kier alpha value is -0.800. The molecule has 0 bridgehead atoms. The van der Waals surface area contributed by atoms with Gasteiger partial charge in [0.15, 0.2) is 5.78 Å². The van der Waals surface area contributed by atoms with Crippen LogP contribution in [0.1, 0.15) is 19.3 Å². The van der Waals surface area contributed by atoms with Crippen molar-refractivity contribution in [1.82, 2.24) is 4.90 Å². The molecular formula is C14H19NOS. The van der Waals surface area contributed by atoms with Crippen molar-refractivity contribution < 1.29 is 4.79 Å². The van der Waals surface area contributed by atoms with Crippen molar-refractivity contribution in [3.63, 3.8) is 0 Å². The van der Waals surface area contributed by atoms with Crippen LogP contribution < -0.4 is 0 Å². The van der Waals surface area contributed by atoms with Gasteiger partial charge in [-0.05, 0) is 33.0 Å². The third-order valence-corrected chi connectivity index (χ3v) is 5.25. The number of allylic oxidation sites excluding steroid dienone is 3. The minimum Gasteiger partial charge on any atom is -0.306 e. The second kappa shape index (κ2) is 4.83. The molecular weight excluding hydrogens is 230 g/mol. The molecule has 0 aliphatic carbocycles. The molecule has 0 N–H and O–H groups in total. The molecule has 1 fully saturated rings. The number of hydrogen-bond donors (Lipinski definition) is 0. The number of nitrogens with zero attached hydrogens (tertiary/aromatic N) is 1. The second-order valence-corrected chi connectivity index (χ2v) is 6.38. The third kappa shape index (κ3) is 2.40. The van der Waals surface area contributed by atoms with E-state index in [1.807, 2.05) is 11.8 Å². The van der Waals surface area contributed by atoms with Crippen LogP contribution in [-0.2, 0) is 4.79 Å². The summed E-state index contributed by atoms with van der Waals surface area (Å²) in [4.78, 5) is 15.5. The predicted molar refractivity (Wildman–Crippen MR) is 74.1 cm³/mol. The Kier molecular flexibility index (Phi) is 3.59. The van der Waals surface area contributed by atoms with E-state index in [1.165, 1.54) is 0 Å². The van der Waals surface area contributed by atoms with Crippen molar-refractivity contribution in [2.75, 3.05) is 20.1 Å². The number of ketones is 1. The lowest BCUT2D eigenvalue weighted by Crippen LogP contribution is -2.43. The van der Waals surface area contributed by atoms with Crippen molar-refractivity contribution >= 4 is 17.5 Å². The zero-order valence-electron chi connectivity index (χ0n) is 10.4. The second-order valence-electron chi connectivity index (χ2n) is 4.87. The van der Waals surface area contributed by atoms with Crippen LogP contribution in [0.4, 0.5) is 0 Å². The van der Waals surface area contributed by atoms with Crippen molar-refractivity contribution in [2.45, 2.75) is 24.0 Å². The molecule has 2 aliphatic heterocycles. The average molecular weight is 249 g/mol. The van der Waals surface area contributed by atoms with E-state index in [-0.39, 0.29) is 10.5 Å². The van der Waals surface area contributed by atoms with Gasteiger partial charge in [-0.1, -0.05) is 25.3 Å². The average Bonchev–Trinajstić information content (AvgIpc) is 2.32. The largest absolute Gasteiger partial charge is 0.306 e. The summed E-state index contributed by atoms with van der Waals surface area (Å²) < 4.78 is 0.111. The van der Waals surface area contributed by atoms with Gasteiger partial charge in [-0.2, -0.15) is 0 Å². The maximum absolute atomic E-state index is 12.1. The van der Waals surface area contributed by atoms with Gasteiger partial charge < -0.3 is 4.90 Å². The summed E-state index contributed by atoms with van der Waals surface area (Å²) >= 11 is 1.84. The molecule has 0 aromatic carbocycles. The molecule has 2 aliphatic rings. The van der Waals surface area contributed by atoms with E-state index >= 15 is 0 Å². The first-order valence-corrected chi connectivity index (χ1v) is 6.82. The van der Waals surface area contributed by atoms with Crippen LogP contribution in [0.25, 0.3) is 0 Å². The van der Waals surface area contributed by atoms with Gasteiger partial charge in [0.05, 0.1) is 0 Å². The Morgan fingerprint density at radius 2 is 1.94 bits per heavy atom. The van der Waals surface area contributed by atoms with Gasteiger partial charge in [0.2, 0.25) is 0 Å². The van der Waals surface area contributed by atoms with E-state index in [2.05, 4.69) is 25.1 Å². The summed E-state index contributed by atoms with van der Waals surface area (Å²) in [5.41, 5.74) is 0.759. The van der Waals surface area contributed by atoms with Crippen LogP contribution in [0.2, 0.25) is 0 Å². The maximum atomic E-state index is 12.1. The minimum absolute atomic E-state index is 0.111. The van der Waals surface area contributed by atoms with Gasteiger partial charge in [0.25, 0.3) is 0 Å². The van der Waals surface area contributed by atoms with Gasteiger partial charge in [0.1, 0.15) is 0 Å². The number of Topliss-reactive ketones (excluding diaryl/α,β-unsaturated/α-hetero) is 1. The van der Waals surface area contributed by atoms with E-state index in [1.54, 1.807) is 12.2 Å². The van der Waals surface area contributed by atoms with Crippen LogP contribution in [-0.4, -0.2) is 35.6 Å². The van der Waals surface area contributed by atoms with Crippen molar-refractivity contribution in [2.24, 2.45) is 0 Å². The Morgan fingerprint density at radius 1 is 1.29 bits per heavy atom. The fourth-order valence-electron chi connectivity index (χ4n) is 2.52. The monoisotopic (exact) mass is 249 g/mol. The summed E-state index contributed by atoms with van der Waals surface area (Å²) in [5.74, 6) is 0.234. The molecule has 0 atom stereocenters. The SMILES string of the molecule is C=CC1=C(C=C)C(=O)CC2(CCN(C)CC2)S1. The highest BCUT2D eigenvalue weighted by molar-refractivity contribution is 8.04. The van der Waals surface area contributed by atoms with Gasteiger partial charge in [-0.15, -0.1) is 11.8 Å². The molecule has 0 aromatic heterocycles. The van der Waals surface area contributed by atoms with Crippen molar-refractivity contribution in [3.8, 4) is 0 Å². The van der Waals surface area contributed by atoms with Crippen molar-refractivity contribution in [1.29, 1.82) is 0 Å². The maximum Gasteiger partial charge on any atom is 0.165 e. The van der Waals surface area contributed by atoms with Gasteiger partial charge in [0, 0.05) is 21.6 Å². The number of rotatable bonds is 2. The van der Waals surface area contributed by atoms with E-state index in [0.717, 1.165) is 36.4 Å². The highest BCUT2D eigenvalue weighted by atomic mass is 32.2. The number of carbonyl (C=O) groups is 1. The standard InChI is InChI=1S/C14H19NOS/c1-4-11-12(16)10-14(17-13(11)5-2)6-8-15(3)9-7-14/h4-5H,1-2,6-10H2,3H3. The molecule has 2 heterocycles. The van der Waals surface area contributed by atoms with Crippen molar-refractivity contribution in [3.05, 3.63) is 35.8 Å². The fourth-order valence-corrected chi connectivity index (χ4v) is 3.97. The Bertz CT molecular complexity index is 389. The topological polar surface area (TPSA) is 20.3 Å². The first kappa shape index (κ1) is 12.7. The molecule has 2 rings (SSSR count). The van der Waals surface area contributed by atoms with Gasteiger partial charge in [-0.25, -0.2) is 0 Å². The summed E-state index contributed by atoms with van der Waals surface area (Å²) in [6.07, 6.45) is 6.31. The summed E-state index contributed by atoms with van der Waals surface area (Å²) in [6, 6.07) is 0. The lowest BCUT2D eigenvalue weighted by Gasteiger charge is -2.42. The highest BCUT2D eigenvalue weighted by Crippen LogP contribution is 2.48. The fraction of sp³-hybridized carbons (Fsp3) is 0.500. The van der Waals surface area contributed by atoms with Crippen LogP contribution in [0, 0.1) is 0 Å². The first-order valence-electron chi connectivity index (χ1n) is 6.00. The lowest BCUT2D eigenvalue weighted by atomic mass is 9.88. The Labute approximate surface area is 107 Å². The number of carbonyl (C=O) groups excluding carboxylic acids is 1. The summed E-state index contributed by atoms with van der Waals surface area (Å²) in [5, 5.41) is 0. The molecule has 0 radical (unpaired) electrons. The van der Waals surface area contributed by atoms with E-state index in [4.69, 9.17) is 0 Å². The van der Waals surface area contributed by atoms with E-state index in [9.17, 15) is 4.79 Å². The van der Waals surface area contributed by atoms with Gasteiger partial charge >= 0.3 is 0 Å². The molecule has 2 nitrogen and oxygen atoms in total. The summed E-state index contributed by atoms with van der Waals surface area (Å²) in [7, 11) is 2.14. The first-order chi connectivity index (χ1) is 8.10. The number of likely N-dealkylation sites (tertiary alicyclic amines) is 1. The predicted octanol–water partition coefficient (Wildman–Crippen LogP) is 2.78. The quantitative estimate of drug-likeness (QED) is 0.750. The van der Waals surface area contributed by atoms with Crippen LogP contribution >= 0.6 is 11.8 Å². The molecule has 92 valence electrons. The zero-order chi connectivity index (χ0) is 12.5. The molecule has 3 heteroatoms. The Morgan fingerprint density at radius 3 is 2.47 bits per heavy atom. The molecule has 0 aromatic rings. The molecule has 17 heavy (non-hydrogen) atoms. The molecule has 0 unspecified atom stereocenters. The Balaban J connectivity index is 2.26. The summed E-state index contributed by atoms with van der Waals surface area (Å²) in [6.45, 7) is 9.71. The lowest BCUT2D eigenvalue weighted by molar-refractivity contribution is -0.116. The van der Waals surface area contributed by atoms with Crippen LogP contribution in [0.15, 0.2) is 35.8 Å². The minimum atomic E-state index is 0.111. The molecule has 1 saturated heterocycles. The third-order valence-electron chi connectivity index (χ3n) is 3.66. The van der Waals surface area contributed by atoms with E-state index in [0.29, 0.717) is 6.42 Å². The van der Waals surface area contributed by atoms with Crippen LogP contribution in [0.5, 0.6) is 0 Å².